The van der Waals surface area contributed by atoms with Crippen LogP contribution < -0.4 is 29.9 Å². The molecule has 1 aliphatic heterocycles. The second-order valence-corrected chi connectivity index (χ2v) is 15.6. The van der Waals surface area contributed by atoms with Gasteiger partial charge in [0.15, 0.2) is 0 Å². The molecule has 0 saturated heterocycles. The standard InChI is InChI=1S/C42H33N4O2P2/c47-49(44(34-20-7-2-8-21-34)40-29-14-13-28-39(40)43-33-18-5-1-6-19-33)37-26-17-27-38(32-37)50(48)45(35-22-9-3-10-23-35)41-30-15-16-31-42(41)46(50)36-24-11-4-12-25-36/h1-32,43H/q+1. The first kappa shape index (κ1) is 31.3. The van der Waals surface area contributed by atoms with Crippen LogP contribution in [0, 0.1) is 0 Å². The highest BCUT2D eigenvalue weighted by Crippen LogP contribution is 2.69. The number of anilines is 8. The van der Waals surface area contributed by atoms with E-state index < -0.39 is 15.4 Å². The van der Waals surface area contributed by atoms with Gasteiger partial charge in [0, 0.05) is 23.1 Å². The van der Waals surface area contributed by atoms with Crippen molar-refractivity contribution in [1.82, 2.24) is 0 Å². The van der Waals surface area contributed by atoms with E-state index in [1.165, 1.54) is 0 Å². The highest BCUT2D eigenvalue weighted by molar-refractivity contribution is 7.76. The Morgan fingerprint density at radius 2 is 1.02 bits per heavy atom. The Hall–Kier alpha value is -5.93. The van der Waals surface area contributed by atoms with Gasteiger partial charge in [-0.3, -0.25) is 13.9 Å². The smallest absolute Gasteiger partial charge is 0.354 e. The molecular weight excluding hydrogens is 654 g/mol. The summed E-state index contributed by atoms with van der Waals surface area (Å²) in [5, 5.41) is 4.65. The molecule has 0 aromatic heterocycles. The Labute approximate surface area is 293 Å². The van der Waals surface area contributed by atoms with Crippen LogP contribution in [-0.2, 0) is 9.13 Å². The van der Waals surface area contributed by atoms with E-state index >= 15 is 9.13 Å². The largest absolute Gasteiger partial charge is 0.506 e. The molecule has 0 bridgehead atoms. The fourth-order valence-electron chi connectivity index (χ4n) is 6.43. The first-order valence-electron chi connectivity index (χ1n) is 16.4. The van der Waals surface area contributed by atoms with E-state index in [0.717, 1.165) is 45.5 Å². The SMILES string of the molecule is O=[P+](c1cccc(P2(=O)N(c3ccccc3)c3ccccc3N2c2ccccc2)c1)N(c1ccccc1)c1ccccc1Nc1ccccc1. The minimum atomic E-state index is -3.66. The molecule has 1 unspecified atom stereocenters. The van der Waals surface area contributed by atoms with Gasteiger partial charge in [-0.15, -0.1) is 4.67 Å². The van der Waals surface area contributed by atoms with Crippen LogP contribution in [0.15, 0.2) is 194 Å². The third-order valence-corrected chi connectivity index (χ3v) is 13.1. The first-order valence-corrected chi connectivity index (χ1v) is 19.2. The fraction of sp³-hybridized carbons (Fsp3) is 0. The molecule has 6 nitrogen and oxygen atoms in total. The van der Waals surface area contributed by atoms with Crippen molar-refractivity contribution in [2.75, 3.05) is 19.3 Å². The van der Waals surface area contributed by atoms with Gasteiger partial charge in [-0.05, 0) is 89.5 Å². The summed E-state index contributed by atoms with van der Waals surface area (Å²) in [5.74, 6) is 0. The van der Waals surface area contributed by atoms with E-state index in [-0.39, 0.29) is 0 Å². The molecular formula is C42H33N4O2P2+. The van der Waals surface area contributed by atoms with Crippen molar-refractivity contribution in [2.45, 2.75) is 0 Å². The Bertz CT molecular complexity index is 2250. The molecule has 7 aromatic carbocycles. The summed E-state index contributed by atoms with van der Waals surface area (Å²) in [6.07, 6.45) is 0. The van der Waals surface area contributed by atoms with E-state index in [1.54, 1.807) is 0 Å². The van der Waals surface area contributed by atoms with Gasteiger partial charge in [-0.2, -0.15) is 0 Å². The summed E-state index contributed by atoms with van der Waals surface area (Å²) in [6.45, 7) is 0. The molecule has 8 rings (SSSR count). The van der Waals surface area contributed by atoms with Crippen molar-refractivity contribution in [1.29, 1.82) is 0 Å². The third kappa shape index (κ3) is 5.65. The van der Waals surface area contributed by atoms with Crippen molar-refractivity contribution < 1.29 is 9.13 Å². The lowest BCUT2D eigenvalue weighted by Crippen LogP contribution is -2.28. The zero-order valence-electron chi connectivity index (χ0n) is 27.0. The molecule has 0 saturated carbocycles. The lowest BCUT2D eigenvalue weighted by Gasteiger charge is -2.33. The van der Waals surface area contributed by atoms with Gasteiger partial charge in [0.2, 0.25) is 5.30 Å². The lowest BCUT2D eigenvalue weighted by atomic mass is 10.2. The van der Waals surface area contributed by atoms with Crippen LogP contribution in [0.2, 0.25) is 0 Å². The quantitative estimate of drug-likeness (QED) is 0.153. The molecule has 1 atom stereocenters. The van der Waals surface area contributed by atoms with Crippen LogP contribution in [0.1, 0.15) is 0 Å². The average molecular weight is 688 g/mol. The third-order valence-electron chi connectivity index (χ3n) is 8.64. The second-order valence-electron chi connectivity index (χ2n) is 11.8. The number of para-hydroxylation sites is 8. The van der Waals surface area contributed by atoms with Gasteiger partial charge in [0.05, 0.1) is 28.1 Å². The predicted molar refractivity (Wildman–Crippen MR) is 209 cm³/mol. The van der Waals surface area contributed by atoms with Gasteiger partial charge >= 0.3 is 15.4 Å². The van der Waals surface area contributed by atoms with Crippen LogP contribution in [-0.4, -0.2) is 0 Å². The Balaban J connectivity index is 1.28. The molecule has 0 radical (unpaired) electrons. The Morgan fingerprint density at radius 3 is 1.62 bits per heavy atom. The van der Waals surface area contributed by atoms with Crippen LogP contribution in [0.25, 0.3) is 0 Å². The van der Waals surface area contributed by atoms with Gasteiger partial charge in [0.25, 0.3) is 0 Å². The molecule has 1 aliphatic rings. The maximum atomic E-state index is 16.2. The number of nitrogens with zero attached hydrogens (tertiary/aromatic N) is 3. The number of benzene rings is 7. The fourth-order valence-corrected chi connectivity index (χ4v) is 11.0. The first-order chi connectivity index (χ1) is 24.6. The maximum Gasteiger partial charge on any atom is 0.506 e. The molecule has 0 spiro atoms. The van der Waals surface area contributed by atoms with Crippen LogP contribution in [0.3, 0.4) is 0 Å². The van der Waals surface area contributed by atoms with E-state index in [9.17, 15) is 0 Å². The Morgan fingerprint density at radius 1 is 0.520 bits per heavy atom. The zero-order valence-corrected chi connectivity index (χ0v) is 28.8. The predicted octanol–water partition coefficient (Wildman–Crippen LogP) is 11.4. The molecule has 0 aliphatic carbocycles. The average Bonchev–Trinajstić information content (AvgIpc) is 3.46. The summed E-state index contributed by atoms with van der Waals surface area (Å²) in [5.41, 5.74) is 6.56. The maximum absolute atomic E-state index is 16.2. The molecule has 50 heavy (non-hydrogen) atoms. The minimum absolute atomic E-state index is 0.558. The number of hydrogen-bond donors (Lipinski definition) is 1. The van der Waals surface area contributed by atoms with Crippen molar-refractivity contribution in [2.24, 2.45) is 0 Å². The molecule has 0 fully saturated rings. The zero-order chi connectivity index (χ0) is 33.9. The molecule has 242 valence electrons. The van der Waals surface area contributed by atoms with Crippen molar-refractivity contribution in [3.8, 4) is 0 Å². The van der Waals surface area contributed by atoms with Gasteiger partial charge in [-0.25, -0.2) is 0 Å². The van der Waals surface area contributed by atoms with Gasteiger partial charge in [0.1, 0.15) is 5.69 Å². The highest BCUT2D eigenvalue weighted by atomic mass is 31.2. The number of rotatable bonds is 9. The molecule has 7 aromatic rings. The van der Waals surface area contributed by atoms with Gasteiger partial charge < -0.3 is 5.32 Å². The number of hydrogen-bond acceptors (Lipinski definition) is 3. The molecule has 8 heteroatoms. The van der Waals surface area contributed by atoms with Crippen LogP contribution >= 0.6 is 15.4 Å². The van der Waals surface area contributed by atoms with Gasteiger partial charge in [-0.1, -0.05) is 103 Å². The van der Waals surface area contributed by atoms with Crippen LogP contribution in [0.5, 0.6) is 0 Å². The minimum Gasteiger partial charge on any atom is -0.354 e. The Kier molecular flexibility index (Phi) is 8.48. The topological polar surface area (TPSA) is 55.9 Å². The van der Waals surface area contributed by atoms with E-state index in [2.05, 4.69) is 5.32 Å². The summed E-state index contributed by atoms with van der Waals surface area (Å²) < 4.78 is 37.1. The second kappa shape index (κ2) is 13.5. The summed E-state index contributed by atoms with van der Waals surface area (Å²) in [6, 6.07) is 62.7. The molecule has 1 N–H and O–H groups in total. The molecule has 0 amide bonds. The van der Waals surface area contributed by atoms with Crippen LogP contribution in [0.4, 0.5) is 45.5 Å². The van der Waals surface area contributed by atoms with E-state index in [0.29, 0.717) is 10.6 Å². The lowest BCUT2D eigenvalue weighted by molar-refractivity contribution is 0.582. The number of fused-ring (bicyclic) bond motifs is 1. The summed E-state index contributed by atoms with van der Waals surface area (Å²) >= 11 is 0. The highest BCUT2D eigenvalue weighted by Gasteiger charge is 2.49. The van der Waals surface area contributed by atoms with Crippen molar-refractivity contribution in [3.05, 3.63) is 194 Å². The van der Waals surface area contributed by atoms with Crippen molar-refractivity contribution in [3.63, 3.8) is 0 Å². The summed E-state index contributed by atoms with van der Waals surface area (Å²) in [4.78, 5) is 0. The van der Waals surface area contributed by atoms with E-state index in [1.807, 2.05) is 208 Å². The van der Waals surface area contributed by atoms with Crippen molar-refractivity contribution >= 4 is 71.5 Å². The normalized spacial score (nSPS) is 13.4. The molecule has 1 heterocycles. The van der Waals surface area contributed by atoms with E-state index in [4.69, 9.17) is 0 Å². The summed E-state index contributed by atoms with van der Waals surface area (Å²) in [7, 11) is -5.90. The number of nitrogens with one attached hydrogen (secondary N) is 1. The monoisotopic (exact) mass is 687 g/mol.